The Labute approximate surface area is 104 Å². The van der Waals surface area contributed by atoms with Gasteiger partial charge in [-0.3, -0.25) is 0 Å². The molecule has 0 saturated carbocycles. The van der Waals surface area contributed by atoms with Crippen molar-refractivity contribution in [2.75, 3.05) is 6.79 Å². The first kappa shape index (κ1) is 12.3. The van der Waals surface area contributed by atoms with Crippen LogP contribution < -0.4 is 9.47 Å². The standard InChI is InChI=1S/C15H22O2/c1-14(2,3)9-15(4,5)11-6-7-12-13(8-11)17-10-16-12/h6-8H,9-10H2,1-5H3. The quantitative estimate of drug-likeness (QED) is 0.766. The van der Waals surface area contributed by atoms with Gasteiger partial charge in [-0.1, -0.05) is 40.7 Å². The van der Waals surface area contributed by atoms with Crippen molar-refractivity contribution in [1.82, 2.24) is 0 Å². The van der Waals surface area contributed by atoms with Crippen LogP contribution in [0.4, 0.5) is 0 Å². The average molecular weight is 234 g/mol. The van der Waals surface area contributed by atoms with Crippen molar-refractivity contribution in [1.29, 1.82) is 0 Å². The first-order valence-electron chi connectivity index (χ1n) is 6.18. The summed E-state index contributed by atoms with van der Waals surface area (Å²) in [5.74, 6) is 1.74. The van der Waals surface area contributed by atoms with E-state index in [0.717, 1.165) is 17.9 Å². The molecule has 94 valence electrons. The minimum Gasteiger partial charge on any atom is -0.454 e. The van der Waals surface area contributed by atoms with Crippen LogP contribution in [0.1, 0.15) is 46.6 Å². The molecule has 0 spiro atoms. The first-order valence-corrected chi connectivity index (χ1v) is 6.18. The molecule has 1 aliphatic rings. The topological polar surface area (TPSA) is 18.5 Å². The van der Waals surface area contributed by atoms with Crippen molar-refractivity contribution in [3.05, 3.63) is 23.8 Å². The number of hydrogen-bond acceptors (Lipinski definition) is 2. The Morgan fingerprint density at radius 3 is 2.29 bits per heavy atom. The molecule has 0 amide bonds. The van der Waals surface area contributed by atoms with Gasteiger partial charge < -0.3 is 9.47 Å². The van der Waals surface area contributed by atoms with Crippen LogP contribution in [0.15, 0.2) is 18.2 Å². The fourth-order valence-corrected chi connectivity index (χ4v) is 2.75. The van der Waals surface area contributed by atoms with Gasteiger partial charge in [0, 0.05) is 0 Å². The zero-order valence-corrected chi connectivity index (χ0v) is 11.5. The van der Waals surface area contributed by atoms with Gasteiger partial charge in [0.1, 0.15) is 0 Å². The van der Waals surface area contributed by atoms with Gasteiger partial charge in [-0.25, -0.2) is 0 Å². The van der Waals surface area contributed by atoms with Crippen molar-refractivity contribution in [2.45, 2.75) is 46.5 Å². The van der Waals surface area contributed by atoms with Crippen LogP contribution in [0.2, 0.25) is 0 Å². The van der Waals surface area contributed by atoms with E-state index in [4.69, 9.17) is 9.47 Å². The Morgan fingerprint density at radius 2 is 1.65 bits per heavy atom. The summed E-state index contributed by atoms with van der Waals surface area (Å²) >= 11 is 0. The van der Waals surface area contributed by atoms with Gasteiger partial charge >= 0.3 is 0 Å². The molecule has 0 bridgehead atoms. The Balaban J connectivity index is 2.27. The molecule has 2 heteroatoms. The van der Waals surface area contributed by atoms with Gasteiger partial charge in [0.05, 0.1) is 0 Å². The third-order valence-electron chi connectivity index (χ3n) is 3.13. The zero-order chi connectivity index (χ0) is 12.7. The molecule has 0 unspecified atom stereocenters. The maximum absolute atomic E-state index is 5.44. The molecule has 17 heavy (non-hydrogen) atoms. The van der Waals surface area contributed by atoms with Crippen molar-refractivity contribution >= 4 is 0 Å². The summed E-state index contributed by atoms with van der Waals surface area (Å²) in [5.41, 5.74) is 1.79. The molecule has 0 saturated heterocycles. The second kappa shape index (κ2) is 3.94. The van der Waals surface area contributed by atoms with E-state index in [0.29, 0.717) is 12.2 Å². The van der Waals surface area contributed by atoms with Crippen LogP contribution in [-0.2, 0) is 5.41 Å². The highest BCUT2D eigenvalue weighted by atomic mass is 16.7. The van der Waals surface area contributed by atoms with Gasteiger partial charge in [-0.15, -0.1) is 0 Å². The maximum atomic E-state index is 5.44. The molecule has 2 nitrogen and oxygen atoms in total. The van der Waals surface area contributed by atoms with Gasteiger partial charge in [-0.05, 0) is 34.9 Å². The third-order valence-corrected chi connectivity index (χ3v) is 3.13. The monoisotopic (exact) mass is 234 g/mol. The van der Waals surface area contributed by atoms with Gasteiger partial charge in [-0.2, -0.15) is 0 Å². The Morgan fingerprint density at radius 1 is 1.00 bits per heavy atom. The highest BCUT2D eigenvalue weighted by Crippen LogP contribution is 2.40. The molecule has 0 radical (unpaired) electrons. The molecule has 2 rings (SSSR count). The zero-order valence-electron chi connectivity index (χ0n) is 11.5. The minimum absolute atomic E-state index is 0.152. The lowest BCUT2D eigenvalue weighted by Gasteiger charge is -2.33. The number of ether oxygens (including phenoxy) is 2. The SMILES string of the molecule is CC(C)(C)CC(C)(C)c1ccc2c(c1)OCO2. The third kappa shape index (κ3) is 2.74. The van der Waals surface area contributed by atoms with E-state index < -0.39 is 0 Å². The van der Waals surface area contributed by atoms with Gasteiger partial charge in [0.2, 0.25) is 6.79 Å². The summed E-state index contributed by atoms with van der Waals surface area (Å²) in [7, 11) is 0. The summed E-state index contributed by atoms with van der Waals surface area (Å²) in [5, 5.41) is 0. The molecule has 1 aromatic rings. The summed E-state index contributed by atoms with van der Waals surface area (Å²) in [4.78, 5) is 0. The lowest BCUT2D eigenvalue weighted by Crippen LogP contribution is -2.24. The number of fused-ring (bicyclic) bond motifs is 1. The van der Waals surface area contributed by atoms with Crippen molar-refractivity contribution in [2.24, 2.45) is 5.41 Å². The van der Waals surface area contributed by atoms with Crippen molar-refractivity contribution < 1.29 is 9.47 Å². The molecule has 1 aromatic carbocycles. The number of hydrogen-bond donors (Lipinski definition) is 0. The molecular formula is C15H22O2. The van der Waals surface area contributed by atoms with Crippen molar-refractivity contribution in [3.63, 3.8) is 0 Å². The van der Waals surface area contributed by atoms with Gasteiger partial charge in [0.25, 0.3) is 0 Å². The van der Waals surface area contributed by atoms with E-state index in [1.807, 2.05) is 6.07 Å². The van der Waals surface area contributed by atoms with E-state index in [1.54, 1.807) is 0 Å². The summed E-state index contributed by atoms with van der Waals surface area (Å²) < 4.78 is 10.8. The predicted molar refractivity (Wildman–Crippen MR) is 69.7 cm³/mol. The largest absolute Gasteiger partial charge is 0.454 e. The van der Waals surface area contributed by atoms with Crippen LogP contribution in [0.3, 0.4) is 0 Å². The van der Waals surface area contributed by atoms with E-state index in [1.165, 1.54) is 5.56 Å². The van der Waals surface area contributed by atoms with Crippen LogP contribution in [0.25, 0.3) is 0 Å². The molecule has 0 aliphatic carbocycles. The lowest BCUT2D eigenvalue weighted by atomic mass is 9.72. The van der Waals surface area contributed by atoms with Crippen LogP contribution >= 0.6 is 0 Å². The molecular weight excluding hydrogens is 212 g/mol. The highest BCUT2D eigenvalue weighted by molar-refractivity contribution is 5.46. The minimum atomic E-state index is 0.152. The molecule has 1 heterocycles. The summed E-state index contributed by atoms with van der Waals surface area (Å²) in [6, 6.07) is 6.29. The van der Waals surface area contributed by atoms with E-state index in [-0.39, 0.29) is 5.41 Å². The van der Waals surface area contributed by atoms with Crippen molar-refractivity contribution in [3.8, 4) is 11.5 Å². The molecule has 0 atom stereocenters. The predicted octanol–water partition coefficient (Wildman–Crippen LogP) is 4.13. The fourth-order valence-electron chi connectivity index (χ4n) is 2.75. The average Bonchev–Trinajstić information content (AvgIpc) is 2.59. The van der Waals surface area contributed by atoms with Crippen LogP contribution in [0, 0.1) is 5.41 Å². The fraction of sp³-hybridized carbons (Fsp3) is 0.600. The van der Waals surface area contributed by atoms with Gasteiger partial charge in [0.15, 0.2) is 11.5 Å². The number of benzene rings is 1. The summed E-state index contributed by atoms with van der Waals surface area (Å²) in [6.45, 7) is 11.8. The summed E-state index contributed by atoms with van der Waals surface area (Å²) in [6.07, 6.45) is 1.14. The maximum Gasteiger partial charge on any atom is 0.231 e. The highest BCUT2D eigenvalue weighted by Gasteiger charge is 2.28. The lowest BCUT2D eigenvalue weighted by molar-refractivity contribution is 0.174. The Bertz CT molecular complexity index is 413. The molecule has 1 aliphatic heterocycles. The second-order valence-electron chi connectivity index (χ2n) is 6.69. The number of rotatable bonds is 2. The van der Waals surface area contributed by atoms with Crippen LogP contribution in [0.5, 0.6) is 11.5 Å². The Kier molecular flexibility index (Phi) is 2.84. The van der Waals surface area contributed by atoms with E-state index in [2.05, 4.69) is 46.8 Å². The van der Waals surface area contributed by atoms with E-state index >= 15 is 0 Å². The second-order valence-corrected chi connectivity index (χ2v) is 6.69. The first-order chi connectivity index (χ1) is 7.78. The molecule has 0 N–H and O–H groups in total. The smallest absolute Gasteiger partial charge is 0.231 e. The van der Waals surface area contributed by atoms with E-state index in [9.17, 15) is 0 Å². The Hall–Kier alpha value is -1.18. The normalized spacial score (nSPS) is 15.1. The molecule has 0 aromatic heterocycles. The van der Waals surface area contributed by atoms with Crippen LogP contribution in [-0.4, -0.2) is 6.79 Å². The molecule has 0 fully saturated rings.